The molecule has 1 atom stereocenters. The van der Waals surface area contributed by atoms with Gasteiger partial charge in [0.2, 0.25) is 5.91 Å². The molecule has 104 valence electrons. The van der Waals surface area contributed by atoms with E-state index in [4.69, 9.17) is 5.11 Å². The van der Waals surface area contributed by atoms with Gasteiger partial charge in [0, 0.05) is 6.42 Å². The second-order valence-corrected chi connectivity index (χ2v) is 4.37. The van der Waals surface area contributed by atoms with E-state index in [0.717, 1.165) is 12.8 Å². The molecular weight excluding hydrogens is 249 g/mol. The standard InChI is InChI=1S/C14H18FNO3/c1-2-3-4-13(17)16-12(9-14(18)19)10-5-7-11(15)8-6-10/h5-8,12H,2-4,9H2,1H3,(H,16,17)(H,18,19)/t12-/m0/s1. The number of nitrogens with one attached hydrogen (secondary N) is 1. The van der Waals surface area contributed by atoms with E-state index in [1.165, 1.54) is 24.3 Å². The van der Waals surface area contributed by atoms with Gasteiger partial charge in [0.15, 0.2) is 0 Å². The number of carboxylic acid groups (broad SMARTS) is 1. The normalized spacial score (nSPS) is 11.9. The molecule has 0 unspecified atom stereocenters. The van der Waals surface area contributed by atoms with E-state index in [-0.39, 0.29) is 12.3 Å². The van der Waals surface area contributed by atoms with Crippen LogP contribution >= 0.6 is 0 Å². The van der Waals surface area contributed by atoms with Gasteiger partial charge in [-0.3, -0.25) is 9.59 Å². The van der Waals surface area contributed by atoms with Gasteiger partial charge in [0.05, 0.1) is 12.5 Å². The van der Waals surface area contributed by atoms with Crippen molar-refractivity contribution in [1.29, 1.82) is 0 Å². The van der Waals surface area contributed by atoms with Crippen molar-refractivity contribution in [3.8, 4) is 0 Å². The van der Waals surface area contributed by atoms with Crippen LogP contribution in [0.25, 0.3) is 0 Å². The molecule has 19 heavy (non-hydrogen) atoms. The number of benzene rings is 1. The first-order valence-electron chi connectivity index (χ1n) is 6.29. The number of hydrogen-bond donors (Lipinski definition) is 2. The van der Waals surface area contributed by atoms with Crippen LogP contribution in [0.2, 0.25) is 0 Å². The number of amides is 1. The van der Waals surface area contributed by atoms with Crippen LogP contribution in [0.5, 0.6) is 0 Å². The van der Waals surface area contributed by atoms with Gasteiger partial charge in [0.1, 0.15) is 5.82 Å². The van der Waals surface area contributed by atoms with Crippen molar-refractivity contribution < 1.29 is 19.1 Å². The van der Waals surface area contributed by atoms with Crippen LogP contribution in [0.3, 0.4) is 0 Å². The summed E-state index contributed by atoms with van der Waals surface area (Å²) in [6, 6.07) is 4.86. The lowest BCUT2D eigenvalue weighted by atomic mass is 10.0. The van der Waals surface area contributed by atoms with E-state index in [9.17, 15) is 14.0 Å². The first-order chi connectivity index (χ1) is 9.02. The summed E-state index contributed by atoms with van der Waals surface area (Å²) in [7, 11) is 0. The van der Waals surface area contributed by atoms with Crippen LogP contribution in [0.4, 0.5) is 4.39 Å². The Morgan fingerprint density at radius 2 is 1.95 bits per heavy atom. The lowest BCUT2D eigenvalue weighted by Gasteiger charge is -2.17. The summed E-state index contributed by atoms with van der Waals surface area (Å²) in [4.78, 5) is 22.5. The number of carbonyl (C=O) groups excluding carboxylic acids is 1. The summed E-state index contributed by atoms with van der Waals surface area (Å²) in [5.41, 5.74) is 0.591. The molecule has 0 fully saturated rings. The Kier molecular flexibility index (Phi) is 5.99. The fourth-order valence-electron chi connectivity index (χ4n) is 1.73. The lowest BCUT2D eigenvalue weighted by Crippen LogP contribution is -2.29. The number of halogens is 1. The molecule has 1 aromatic rings. The van der Waals surface area contributed by atoms with E-state index >= 15 is 0 Å². The molecule has 0 radical (unpaired) electrons. The third-order valence-corrected chi connectivity index (χ3v) is 2.74. The van der Waals surface area contributed by atoms with Crippen LogP contribution in [0, 0.1) is 5.82 Å². The molecule has 1 rings (SSSR count). The molecule has 0 saturated heterocycles. The van der Waals surface area contributed by atoms with Crippen LogP contribution in [-0.2, 0) is 9.59 Å². The highest BCUT2D eigenvalue weighted by molar-refractivity contribution is 5.77. The molecule has 0 heterocycles. The van der Waals surface area contributed by atoms with Crippen molar-refractivity contribution in [2.45, 2.75) is 38.6 Å². The maximum absolute atomic E-state index is 12.8. The van der Waals surface area contributed by atoms with Crippen molar-refractivity contribution in [2.24, 2.45) is 0 Å². The van der Waals surface area contributed by atoms with Crippen molar-refractivity contribution in [1.82, 2.24) is 5.32 Å². The summed E-state index contributed by atoms with van der Waals surface area (Å²) in [5.74, 6) is -1.59. The first kappa shape index (κ1) is 15.1. The maximum atomic E-state index is 12.8. The molecule has 0 aliphatic rings. The monoisotopic (exact) mass is 267 g/mol. The summed E-state index contributed by atoms with van der Waals surface area (Å²) in [5, 5.41) is 11.5. The molecule has 0 aliphatic carbocycles. The third-order valence-electron chi connectivity index (χ3n) is 2.74. The summed E-state index contributed by atoms with van der Waals surface area (Å²) in [6.45, 7) is 1.97. The molecule has 0 aromatic heterocycles. The number of carboxylic acids is 1. The molecular formula is C14H18FNO3. The highest BCUT2D eigenvalue weighted by atomic mass is 19.1. The Morgan fingerprint density at radius 1 is 1.32 bits per heavy atom. The second-order valence-electron chi connectivity index (χ2n) is 4.37. The van der Waals surface area contributed by atoms with Gasteiger partial charge in [0.25, 0.3) is 0 Å². The zero-order valence-electron chi connectivity index (χ0n) is 10.9. The van der Waals surface area contributed by atoms with Crippen molar-refractivity contribution in [3.05, 3.63) is 35.6 Å². The molecule has 1 aromatic carbocycles. The minimum atomic E-state index is -1.01. The quantitative estimate of drug-likeness (QED) is 0.798. The minimum Gasteiger partial charge on any atom is -0.481 e. The molecule has 1 amide bonds. The first-order valence-corrected chi connectivity index (χ1v) is 6.29. The van der Waals surface area contributed by atoms with E-state index in [1.807, 2.05) is 6.92 Å². The van der Waals surface area contributed by atoms with Gasteiger partial charge < -0.3 is 10.4 Å². The zero-order valence-corrected chi connectivity index (χ0v) is 10.9. The molecule has 0 aliphatic heterocycles. The van der Waals surface area contributed by atoms with Gasteiger partial charge in [-0.1, -0.05) is 25.5 Å². The molecule has 4 nitrogen and oxygen atoms in total. The Hall–Kier alpha value is -1.91. The van der Waals surface area contributed by atoms with Gasteiger partial charge in [-0.15, -0.1) is 0 Å². The highest BCUT2D eigenvalue weighted by Crippen LogP contribution is 2.17. The van der Waals surface area contributed by atoms with Crippen LogP contribution < -0.4 is 5.32 Å². The molecule has 0 spiro atoms. The number of aliphatic carboxylic acids is 1. The largest absolute Gasteiger partial charge is 0.481 e. The Labute approximate surface area is 111 Å². The maximum Gasteiger partial charge on any atom is 0.305 e. The van der Waals surface area contributed by atoms with Crippen LogP contribution in [0.1, 0.15) is 44.2 Å². The Bertz CT molecular complexity index is 431. The molecule has 2 N–H and O–H groups in total. The summed E-state index contributed by atoms with van der Waals surface area (Å²) in [6.07, 6.45) is 1.81. The van der Waals surface area contributed by atoms with Crippen molar-refractivity contribution in [3.63, 3.8) is 0 Å². The third kappa shape index (κ3) is 5.50. The fourth-order valence-corrected chi connectivity index (χ4v) is 1.73. The highest BCUT2D eigenvalue weighted by Gasteiger charge is 2.17. The molecule has 5 heteroatoms. The lowest BCUT2D eigenvalue weighted by molar-refractivity contribution is -0.137. The fraction of sp³-hybridized carbons (Fsp3) is 0.429. The van der Waals surface area contributed by atoms with E-state index < -0.39 is 17.8 Å². The van der Waals surface area contributed by atoms with Crippen LogP contribution in [-0.4, -0.2) is 17.0 Å². The minimum absolute atomic E-state index is 0.183. The smallest absolute Gasteiger partial charge is 0.305 e. The Balaban J connectivity index is 2.74. The van der Waals surface area contributed by atoms with E-state index in [2.05, 4.69) is 5.32 Å². The van der Waals surface area contributed by atoms with Gasteiger partial charge in [-0.2, -0.15) is 0 Å². The van der Waals surface area contributed by atoms with Gasteiger partial charge >= 0.3 is 5.97 Å². The van der Waals surface area contributed by atoms with Crippen molar-refractivity contribution >= 4 is 11.9 Å². The van der Waals surface area contributed by atoms with Crippen molar-refractivity contribution in [2.75, 3.05) is 0 Å². The number of rotatable bonds is 7. The summed E-state index contributed by atoms with van der Waals surface area (Å²) < 4.78 is 12.8. The van der Waals surface area contributed by atoms with Crippen LogP contribution in [0.15, 0.2) is 24.3 Å². The van der Waals surface area contributed by atoms with E-state index in [1.54, 1.807) is 0 Å². The topological polar surface area (TPSA) is 66.4 Å². The second kappa shape index (κ2) is 7.51. The van der Waals surface area contributed by atoms with Gasteiger partial charge in [-0.05, 0) is 24.1 Å². The SMILES string of the molecule is CCCCC(=O)N[C@@H](CC(=O)O)c1ccc(F)cc1. The number of hydrogen-bond acceptors (Lipinski definition) is 2. The number of carbonyl (C=O) groups is 2. The average molecular weight is 267 g/mol. The van der Waals surface area contributed by atoms with E-state index in [0.29, 0.717) is 12.0 Å². The number of unbranched alkanes of at least 4 members (excludes halogenated alkanes) is 1. The summed E-state index contributed by atoms with van der Waals surface area (Å²) >= 11 is 0. The average Bonchev–Trinajstić information content (AvgIpc) is 2.36. The predicted octanol–water partition coefficient (Wildman–Crippen LogP) is 2.65. The Morgan fingerprint density at radius 3 is 2.47 bits per heavy atom. The van der Waals surface area contributed by atoms with Gasteiger partial charge in [-0.25, -0.2) is 4.39 Å². The predicted molar refractivity (Wildman–Crippen MR) is 69.1 cm³/mol. The zero-order chi connectivity index (χ0) is 14.3. The molecule has 0 saturated carbocycles. The molecule has 0 bridgehead atoms.